The number of carbonyl (C=O) groups is 5. The first-order valence-electron chi connectivity index (χ1n) is 21.5. The van der Waals surface area contributed by atoms with Crippen molar-refractivity contribution in [2.75, 3.05) is 20.8 Å². The molecule has 2 aliphatic carbocycles. The van der Waals surface area contributed by atoms with Crippen LogP contribution in [0.1, 0.15) is 99.5 Å². The van der Waals surface area contributed by atoms with Crippen molar-refractivity contribution in [3.63, 3.8) is 0 Å². The van der Waals surface area contributed by atoms with Crippen LogP contribution in [0.25, 0.3) is 44.5 Å². The third-order valence-electron chi connectivity index (χ3n) is 13.3. The maximum Gasteiger partial charge on any atom is 0.407 e. The minimum atomic E-state index is -0.729. The molecule has 0 spiro atoms. The molecule has 2 aromatic heterocycles. The quantitative estimate of drug-likeness (QED) is 0.110. The van der Waals surface area contributed by atoms with Crippen molar-refractivity contribution >= 4 is 40.8 Å². The van der Waals surface area contributed by atoms with Crippen molar-refractivity contribution in [1.29, 1.82) is 0 Å². The molecule has 4 aliphatic rings. The van der Waals surface area contributed by atoms with Crippen LogP contribution in [0.4, 0.5) is 9.59 Å². The van der Waals surface area contributed by atoms with Crippen molar-refractivity contribution in [2.45, 2.75) is 90.0 Å². The fourth-order valence-corrected chi connectivity index (χ4v) is 10.1. The van der Waals surface area contributed by atoms with E-state index in [1.54, 1.807) is 11.1 Å². The van der Waals surface area contributed by atoms with E-state index in [0.717, 1.165) is 82.5 Å². The number of ketones is 1. The Labute approximate surface area is 359 Å². The average Bonchev–Trinajstić information content (AvgIpc) is 4.14. The average molecular weight is 841 g/mol. The highest BCUT2D eigenvalue weighted by Crippen LogP contribution is 2.50. The molecule has 4 N–H and O–H groups in total. The van der Waals surface area contributed by atoms with Crippen LogP contribution in [0.5, 0.6) is 0 Å². The van der Waals surface area contributed by atoms with Crippen molar-refractivity contribution in [3.05, 3.63) is 83.6 Å². The van der Waals surface area contributed by atoms with Gasteiger partial charge in [0.1, 0.15) is 23.7 Å². The Morgan fingerprint density at radius 2 is 1.37 bits per heavy atom. The van der Waals surface area contributed by atoms with E-state index in [1.165, 1.54) is 14.2 Å². The first-order chi connectivity index (χ1) is 29.8. The summed E-state index contributed by atoms with van der Waals surface area (Å²) in [6.07, 6.45) is 4.83. The van der Waals surface area contributed by atoms with Gasteiger partial charge in [0.25, 0.3) is 0 Å². The number of fused-ring (bicyclic) bond motifs is 6. The normalized spacial score (nSPS) is 21.1. The molecule has 4 heterocycles. The second-order valence-electron chi connectivity index (χ2n) is 17.7. The minimum Gasteiger partial charge on any atom is -0.453 e. The van der Waals surface area contributed by atoms with Gasteiger partial charge in [-0.3, -0.25) is 14.4 Å². The van der Waals surface area contributed by atoms with Crippen LogP contribution in [0.15, 0.2) is 60.8 Å². The lowest BCUT2D eigenvalue weighted by Crippen LogP contribution is -2.54. The SMILES string of the molecule is COC(=O)N[C@H](C(=O)N1CCC[C@H]1c1ncc(-c2ccc3c(c2)C(=O)c2cc(-c4ccc5nc([C@@H]6[C@H]7CC[C@H](C7)N6C(=O)[C@@H](NC(=O)OC)C(C)C)[nH]c5c4)ccc2-3)[nH]1)C(C)C. The number of imidazole rings is 2. The number of hydrogen-bond acceptors (Lipinski definition) is 9. The van der Waals surface area contributed by atoms with Crippen LogP contribution in [-0.2, 0) is 19.1 Å². The molecule has 3 fully saturated rings. The molecule has 15 heteroatoms. The molecule has 9 rings (SSSR count). The maximum absolute atomic E-state index is 14.1. The number of ether oxygens (including phenoxy) is 2. The molecular weight excluding hydrogens is 789 g/mol. The summed E-state index contributed by atoms with van der Waals surface area (Å²) in [4.78, 5) is 86.4. The largest absolute Gasteiger partial charge is 0.453 e. The number of amides is 4. The molecule has 3 aromatic carbocycles. The van der Waals surface area contributed by atoms with Gasteiger partial charge in [-0.1, -0.05) is 58.0 Å². The molecule has 4 amide bonds. The van der Waals surface area contributed by atoms with Gasteiger partial charge in [-0.05, 0) is 96.4 Å². The highest BCUT2D eigenvalue weighted by Gasteiger charge is 2.51. The van der Waals surface area contributed by atoms with Crippen molar-refractivity contribution in [3.8, 4) is 33.5 Å². The van der Waals surface area contributed by atoms with Gasteiger partial charge in [0.2, 0.25) is 11.8 Å². The molecular formula is C47H52N8O7. The summed E-state index contributed by atoms with van der Waals surface area (Å²) < 4.78 is 9.61. The lowest BCUT2D eigenvalue weighted by Gasteiger charge is -2.37. The Balaban J connectivity index is 0.935. The molecule has 2 saturated heterocycles. The monoisotopic (exact) mass is 840 g/mol. The Morgan fingerprint density at radius 1 is 0.742 bits per heavy atom. The van der Waals surface area contributed by atoms with Gasteiger partial charge in [-0.2, -0.15) is 0 Å². The summed E-state index contributed by atoms with van der Waals surface area (Å²) in [5.41, 5.74) is 7.96. The van der Waals surface area contributed by atoms with Gasteiger partial charge in [0, 0.05) is 29.3 Å². The Bertz CT molecular complexity index is 2610. The standard InChI is InChI=1S/C47H52N8O7/c1-23(2)38(52-46(59)61-5)44(57)54-17-7-8-37(54)42-48-22-36(51-42)27-11-15-31-30-14-10-25(19-32(30)41(56)33(31)20-27)26-12-16-34-35(21-26)50-43(49-34)40-28-9-13-29(18-28)55(40)45(58)39(24(3)4)53-47(60)62-6/h10-12,14-16,19-24,28-29,37-40H,7-9,13,17-18H2,1-6H3,(H,48,51)(H,49,50)(H,52,59)(H,53,60)/t28-,29+,37-,38-,39-,40-/m0/s1. The minimum absolute atomic E-state index is 0.0591. The topological polar surface area (TPSA) is 192 Å². The van der Waals surface area contributed by atoms with Crippen LogP contribution < -0.4 is 10.6 Å². The number of likely N-dealkylation sites (tertiary alicyclic amines) is 2. The van der Waals surface area contributed by atoms with Gasteiger partial charge in [-0.15, -0.1) is 0 Å². The molecule has 2 bridgehead atoms. The number of carbonyl (C=O) groups excluding carboxylic acids is 5. The Morgan fingerprint density at radius 3 is 2.05 bits per heavy atom. The third kappa shape index (κ3) is 7.06. The number of nitrogens with zero attached hydrogens (tertiary/aromatic N) is 4. The van der Waals surface area contributed by atoms with E-state index in [0.29, 0.717) is 23.5 Å². The van der Waals surface area contributed by atoms with Crippen molar-refractivity contribution < 1.29 is 33.4 Å². The van der Waals surface area contributed by atoms with Gasteiger partial charge >= 0.3 is 12.2 Å². The summed E-state index contributed by atoms with van der Waals surface area (Å²) in [6, 6.07) is 16.0. The second kappa shape index (κ2) is 16.1. The van der Waals surface area contributed by atoms with Crippen molar-refractivity contribution in [1.82, 2.24) is 40.4 Å². The smallest absolute Gasteiger partial charge is 0.407 e. The zero-order valence-corrected chi connectivity index (χ0v) is 35.8. The number of methoxy groups -OCH3 is 2. The number of hydrogen-bond donors (Lipinski definition) is 4. The number of benzene rings is 3. The number of piperidine rings is 1. The van der Waals surface area contributed by atoms with Crippen LogP contribution in [0, 0.1) is 17.8 Å². The molecule has 5 aromatic rings. The number of nitrogens with one attached hydrogen (secondary N) is 4. The van der Waals surface area contributed by atoms with Crippen LogP contribution in [-0.4, -0.2) is 98.4 Å². The predicted molar refractivity (Wildman–Crippen MR) is 231 cm³/mol. The van der Waals surface area contributed by atoms with Gasteiger partial charge in [-0.25, -0.2) is 19.6 Å². The van der Waals surface area contributed by atoms with E-state index in [4.69, 9.17) is 14.5 Å². The summed E-state index contributed by atoms with van der Waals surface area (Å²) >= 11 is 0. The number of aromatic nitrogens is 4. The van der Waals surface area contributed by atoms with E-state index in [2.05, 4.69) is 25.6 Å². The molecule has 1 saturated carbocycles. The molecule has 62 heavy (non-hydrogen) atoms. The summed E-state index contributed by atoms with van der Waals surface area (Å²) in [7, 11) is 2.57. The first kappa shape index (κ1) is 40.9. The number of H-pyrrole nitrogens is 2. The lowest BCUT2D eigenvalue weighted by molar-refractivity contribution is -0.139. The lowest BCUT2D eigenvalue weighted by atomic mass is 9.95. The number of alkyl carbamates (subject to hydrolysis) is 2. The second-order valence-corrected chi connectivity index (χ2v) is 17.7. The Hall–Kier alpha value is -6.51. The summed E-state index contributed by atoms with van der Waals surface area (Å²) in [6.45, 7) is 8.15. The Kier molecular flexibility index (Phi) is 10.6. The van der Waals surface area contributed by atoms with Crippen molar-refractivity contribution in [2.24, 2.45) is 17.8 Å². The zero-order valence-electron chi connectivity index (χ0n) is 35.8. The molecule has 6 atom stereocenters. The highest BCUT2D eigenvalue weighted by atomic mass is 16.5. The van der Waals surface area contributed by atoms with E-state index in [-0.39, 0.29) is 53.5 Å². The maximum atomic E-state index is 14.1. The number of aromatic amines is 2. The highest BCUT2D eigenvalue weighted by molar-refractivity contribution is 6.22. The van der Waals surface area contributed by atoms with Crippen LogP contribution >= 0.6 is 0 Å². The molecule has 322 valence electrons. The van der Waals surface area contributed by atoms with E-state index in [9.17, 15) is 24.0 Å². The zero-order chi connectivity index (χ0) is 43.6. The third-order valence-corrected chi connectivity index (χ3v) is 13.3. The fraction of sp³-hybridized carbons (Fsp3) is 0.426. The molecule has 2 aliphatic heterocycles. The summed E-state index contributed by atoms with van der Waals surface area (Å²) in [5, 5.41) is 5.44. The fourth-order valence-electron chi connectivity index (χ4n) is 10.1. The molecule has 0 unspecified atom stereocenters. The van der Waals surface area contributed by atoms with Crippen LogP contribution in [0.3, 0.4) is 0 Å². The van der Waals surface area contributed by atoms with Crippen LogP contribution in [0.2, 0.25) is 0 Å². The van der Waals surface area contributed by atoms with E-state index >= 15 is 0 Å². The first-order valence-corrected chi connectivity index (χ1v) is 21.5. The molecule has 15 nitrogen and oxygen atoms in total. The molecule has 0 radical (unpaired) electrons. The van der Waals surface area contributed by atoms with Gasteiger partial charge < -0.3 is 39.9 Å². The van der Waals surface area contributed by atoms with Gasteiger partial charge in [0.15, 0.2) is 5.78 Å². The summed E-state index contributed by atoms with van der Waals surface area (Å²) in [5.74, 6) is 1.03. The van der Waals surface area contributed by atoms with E-state index in [1.807, 2.05) is 87.2 Å². The van der Waals surface area contributed by atoms with Gasteiger partial charge in [0.05, 0.1) is 49.2 Å². The predicted octanol–water partition coefficient (Wildman–Crippen LogP) is 7.31. The van der Waals surface area contributed by atoms with E-state index < -0.39 is 24.3 Å². The number of rotatable bonds is 10.